The molecule has 1 saturated heterocycles. The first-order chi connectivity index (χ1) is 11.6. The van der Waals surface area contributed by atoms with Crippen LogP contribution in [0.15, 0.2) is 48.5 Å². The predicted octanol–water partition coefficient (Wildman–Crippen LogP) is 3.40. The van der Waals surface area contributed by atoms with E-state index in [0.29, 0.717) is 4.99 Å². The number of aryl methyl sites for hydroxylation is 1. The monoisotopic (exact) mass is 341 g/mol. The first kappa shape index (κ1) is 16.4. The summed E-state index contributed by atoms with van der Waals surface area (Å²) in [6.45, 7) is 5.53. The fourth-order valence-electron chi connectivity index (χ4n) is 3.00. The molecule has 0 saturated carbocycles. The Balaban J connectivity index is 1.68. The molecule has 0 spiro atoms. The number of rotatable bonds is 3. The van der Waals surface area contributed by atoms with Crippen LogP contribution in [0.25, 0.3) is 0 Å². The average molecular weight is 341 g/mol. The molecule has 124 valence electrons. The number of nitro groups is 1. The number of non-ortho nitro benzene ring substituents is 1. The van der Waals surface area contributed by atoms with Gasteiger partial charge in [0, 0.05) is 49.6 Å². The second kappa shape index (κ2) is 6.97. The third kappa shape index (κ3) is 3.38. The minimum absolute atomic E-state index is 0.0772. The van der Waals surface area contributed by atoms with Crippen LogP contribution >= 0.6 is 12.2 Å². The van der Waals surface area contributed by atoms with Gasteiger partial charge in [-0.2, -0.15) is 0 Å². The molecule has 0 unspecified atom stereocenters. The maximum Gasteiger partial charge on any atom is 0.270 e. The number of hydrogen-bond donors (Lipinski definition) is 0. The first-order valence-corrected chi connectivity index (χ1v) is 8.31. The van der Waals surface area contributed by atoms with Crippen molar-refractivity contribution in [3.8, 4) is 0 Å². The number of para-hydroxylation sites is 1. The molecule has 2 aromatic carbocycles. The fourth-order valence-corrected chi connectivity index (χ4v) is 3.31. The number of hydrogen-bond acceptors (Lipinski definition) is 4. The summed E-state index contributed by atoms with van der Waals surface area (Å²) in [5.41, 5.74) is 3.35. The van der Waals surface area contributed by atoms with Crippen LogP contribution in [-0.4, -0.2) is 41.0 Å². The van der Waals surface area contributed by atoms with E-state index < -0.39 is 0 Å². The highest BCUT2D eigenvalue weighted by molar-refractivity contribution is 7.80. The lowest BCUT2D eigenvalue weighted by Crippen LogP contribution is -2.48. The SMILES string of the molecule is Cc1ccccc1N1CCN(C(=S)c2cccc([N+](=O)[O-])c2)CC1. The summed E-state index contributed by atoms with van der Waals surface area (Å²) < 4.78 is 0. The van der Waals surface area contributed by atoms with Crippen molar-refractivity contribution in [1.29, 1.82) is 0 Å². The largest absolute Gasteiger partial charge is 0.368 e. The lowest BCUT2D eigenvalue weighted by molar-refractivity contribution is -0.384. The number of nitro benzene ring substituents is 1. The molecule has 5 nitrogen and oxygen atoms in total. The van der Waals surface area contributed by atoms with Gasteiger partial charge >= 0.3 is 0 Å². The Morgan fingerprint density at radius 1 is 1.08 bits per heavy atom. The van der Waals surface area contributed by atoms with E-state index in [1.165, 1.54) is 17.3 Å². The van der Waals surface area contributed by atoms with E-state index >= 15 is 0 Å². The van der Waals surface area contributed by atoms with Gasteiger partial charge in [-0.1, -0.05) is 42.5 Å². The van der Waals surface area contributed by atoms with Crippen molar-refractivity contribution in [3.05, 3.63) is 69.8 Å². The van der Waals surface area contributed by atoms with E-state index in [0.717, 1.165) is 31.7 Å². The highest BCUT2D eigenvalue weighted by Crippen LogP contribution is 2.22. The van der Waals surface area contributed by atoms with Crippen LogP contribution in [0.5, 0.6) is 0 Å². The van der Waals surface area contributed by atoms with Crippen LogP contribution in [-0.2, 0) is 0 Å². The van der Waals surface area contributed by atoms with Crippen LogP contribution < -0.4 is 4.90 Å². The van der Waals surface area contributed by atoms with Gasteiger partial charge in [0.05, 0.1) is 4.92 Å². The van der Waals surface area contributed by atoms with E-state index in [2.05, 4.69) is 34.9 Å². The molecule has 1 aliphatic rings. The maximum atomic E-state index is 10.9. The molecule has 24 heavy (non-hydrogen) atoms. The minimum Gasteiger partial charge on any atom is -0.368 e. The highest BCUT2D eigenvalue weighted by atomic mass is 32.1. The van der Waals surface area contributed by atoms with Crippen LogP contribution in [0, 0.1) is 17.0 Å². The van der Waals surface area contributed by atoms with Crippen LogP contribution in [0.1, 0.15) is 11.1 Å². The topological polar surface area (TPSA) is 49.6 Å². The zero-order valence-electron chi connectivity index (χ0n) is 13.5. The second-order valence-electron chi connectivity index (χ2n) is 5.87. The van der Waals surface area contributed by atoms with Gasteiger partial charge in [0.15, 0.2) is 0 Å². The Morgan fingerprint density at radius 3 is 2.46 bits per heavy atom. The normalized spacial score (nSPS) is 14.5. The summed E-state index contributed by atoms with van der Waals surface area (Å²) in [6, 6.07) is 14.9. The van der Waals surface area contributed by atoms with Crippen molar-refractivity contribution in [1.82, 2.24) is 4.90 Å². The summed E-state index contributed by atoms with van der Waals surface area (Å²) >= 11 is 5.55. The standard InChI is InChI=1S/C18H19N3O2S/c1-14-5-2-3-8-17(14)19-9-11-20(12-10-19)18(24)15-6-4-7-16(13-15)21(22)23/h2-8,13H,9-12H2,1H3. The van der Waals surface area contributed by atoms with Gasteiger partial charge in [-0.05, 0) is 18.6 Å². The number of thiocarbonyl (C=S) groups is 1. The van der Waals surface area contributed by atoms with E-state index in [9.17, 15) is 10.1 Å². The molecule has 0 N–H and O–H groups in total. The molecule has 0 aliphatic carbocycles. The van der Waals surface area contributed by atoms with Gasteiger partial charge in [-0.25, -0.2) is 0 Å². The smallest absolute Gasteiger partial charge is 0.270 e. The maximum absolute atomic E-state index is 10.9. The van der Waals surface area contributed by atoms with Crippen molar-refractivity contribution in [2.24, 2.45) is 0 Å². The number of anilines is 1. The Kier molecular flexibility index (Phi) is 4.76. The predicted molar refractivity (Wildman–Crippen MR) is 99.8 cm³/mol. The number of benzene rings is 2. The summed E-state index contributed by atoms with van der Waals surface area (Å²) in [5.74, 6) is 0. The van der Waals surface area contributed by atoms with Gasteiger partial charge in [0.1, 0.15) is 4.99 Å². The zero-order valence-corrected chi connectivity index (χ0v) is 14.3. The van der Waals surface area contributed by atoms with Crippen molar-refractivity contribution in [2.45, 2.75) is 6.92 Å². The van der Waals surface area contributed by atoms with Crippen molar-refractivity contribution >= 4 is 28.6 Å². The van der Waals surface area contributed by atoms with Crippen molar-refractivity contribution in [2.75, 3.05) is 31.1 Å². The Morgan fingerprint density at radius 2 is 1.79 bits per heavy atom. The van der Waals surface area contributed by atoms with Crippen molar-refractivity contribution < 1.29 is 4.92 Å². The van der Waals surface area contributed by atoms with Gasteiger partial charge < -0.3 is 9.80 Å². The van der Waals surface area contributed by atoms with Crippen LogP contribution in [0.3, 0.4) is 0 Å². The molecular weight excluding hydrogens is 322 g/mol. The van der Waals surface area contributed by atoms with Crippen LogP contribution in [0.2, 0.25) is 0 Å². The summed E-state index contributed by atoms with van der Waals surface area (Å²) in [5, 5.41) is 10.9. The molecule has 1 aliphatic heterocycles. The highest BCUT2D eigenvalue weighted by Gasteiger charge is 2.21. The lowest BCUT2D eigenvalue weighted by atomic mass is 10.1. The zero-order chi connectivity index (χ0) is 17.1. The Hall–Kier alpha value is -2.47. The summed E-state index contributed by atoms with van der Waals surface area (Å²) in [7, 11) is 0. The fraction of sp³-hybridized carbons (Fsp3) is 0.278. The van der Waals surface area contributed by atoms with E-state index in [1.807, 2.05) is 12.1 Å². The van der Waals surface area contributed by atoms with Gasteiger partial charge in [0.25, 0.3) is 5.69 Å². The lowest BCUT2D eigenvalue weighted by Gasteiger charge is -2.38. The van der Waals surface area contributed by atoms with Gasteiger partial charge in [0.2, 0.25) is 0 Å². The molecule has 0 amide bonds. The molecule has 1 fully saturated rings. The summed E-state index contributed by atoms with van der Waals surface area (Å²) in [6.07, 6.45) is 0. The Labute approximate surface area is 146 Å². The number of nitrogens with zero attached hydrogens (tertiary/aromatic N) is 3. The molecule has 0 radical (unpaired) electrons. The molecular formula is C18H19N3O2S. The molecule has 0 atom stereocenters. The average Bonchev–Trinajstić information content (AvgIpc) is 2.62. The van der Waals surface area contributed by atoms with Crippen molar-refractivity contribution in [3.63, 3.8) is 0 Å². The third-order valence-electron chi connectivity index (χ3n) is 4.33. The molecule has 3 rings (SSSR count). The Bertz CT molecular complexity index is 770. The van der Waals surface area contributed by atoms with Gasteiger partial charge in [-0.3, -0.25) is 10.1 Å². The molecule has 0 aromatic heterocycles. The second-order valence-corrected chi connectivity index (χ2v) is 6.26. The quantitative estimate of drug-likeness (QED) is 0.486. The summed E-state index contributed by atoms with van der Waals surface area (Å²) in [4.78, 5) is 15.7. The minimum atomic E-state index is -0.387. The van der Waals surface area contributed by atoms with E-state index in [4.69, 9.17) is 12.2 Å². The van der Waals surface area contributed by atoms with Crippen LogP contribution in [0.4, 0.5) is 11.4 Å². The first-order valence-electron chi connectivity index (χ1n) is 7.90. The molecule has 0 bridgehead atoms. The van der Waals surface area contributed by atoms with Gasteiger partial charge in [-0.15, -0.1) is 0 Å². The molecule has 1 heterocycles. The third-order valence-corrected chi connectivity index (χ3v) is 4.82. The molecule has 6 heteroatoms. The molecule has 2 aromatic rings. The van der Waals surface area contributed by atoms with E-state index in [-0.39, 0.29) is 10.6 Å². The van der Waals surface area contributed by atoms with E-state index in [1.54, 1.807) is 12.1 Å². The number of piperazine rings is 1.